The van der Waals surface area contributed by atoms with Crippen LogP contribution in [-0.4, -0.2) is 29.2 Å². The van der Waals surface area contributed by atoms with Crippen molar-refractivity contribution in [2.45, 2.75) is 32.0 Å². The van der Waals surface area contributed by atoms with Gasteiger partial charge in [-0.05, 0) is 36.6 Å². The zero-order chi connectivity index (χ0) is 17.5. The summed E-state index contributed by atoms with van der Waals surface area (Å²) >= 11 is 0. The first-order chi connectivity index (χ1) is 12.8. The van der Waals surface area contributed by atoms with Gasteiger partial charge in [0.05, 0.1) is 11.7 Å². The normalized spacial score (nSPS) is 26.3. The minimum atomic E-state index is 0.381. The molecule has 5 nitrogen and oxygen atoms in total. The first-order valence-corrected chi connectivity index (χ1v) is 9.41. The number of hydrogen-bond acceptors (Lipinski definition) is 5. The van der Waals surface area contributed by atoms with Crippen molar-refractivity contribution >= 4 is 11.0 Å². The number of aryl methyl sites for hydroxylation is 1. The van der Waals surface area contributed by atoms with E-state index in [0.717, 1.165) is 36.3 Å². The van der Waals surface area contributed by atoms with Crippen molar-refractivity contribution in [3.8, 4) is 0 Å². The maximum atomic E-state index is 5.33. The second-order valence-corrected chi connectivity index (χ2v) is 7.57. The number of rotatable bonds is 3. The quantitative estimate of drug-likeness (QED) is 0.761. The minimum Gasteiger partial charge on any atom is -0.356 e. The molecule has 0 spiro atoms. The number of nitrogens with one attached hydrogen (secondary N) is 2. The molecule has 2 aliphatic heterocycles. The van der Waals surface area contributed by atoms with Crippen LogP contribution in [0.3, 0.4) is 0 Å². The monoisotopic (exact) mass is 348 g/mol. The van der Waals surface area contributed by atoms with E-state index in [1.807, 2.05) is 13.0 Å². The smallest absolute Gasteiger partial charge is 0.167 e. The van der Waals surface area contributed by atoms with Crippen LogP contribution in [0.25, 0.3) is 11.0 Å². The number of aromatic nitrogens is 1. The fourth-order valence-electron chi connectivity index (χ4n) is 4.47. The van der Waals surface area contributed by atoms with Crippen molar-refractivity contribution in [2.24, 2.45) is 5.92 Å². The van der Waals surface area contributed by atoms with E-state index in [1.54, 1.807) is 0 Å². The maximum Gasteiger partial charge on any atom is 0.167 e. The van der Waals surface area contributed by atoms with Crippen LogP contribution in [0.15, 0.2) is 53.1 Å². The third kappa shape index (κ3) is 2.82. The average Bonchev–Trinajstić information content (AvgIpc) is 3.26. The lowest BCUT2D eigenvalue weighted by Crippen LogP contribution is -2.45. The first-order valence-electron chi connectivity index (χ1n) is 9.41. The summed E-state index contributed by atoms with van der Waals surface area (Å²) in [5, 5.41) is 5.19. The number of hydrazine groups is 1. The predicted molar refractivity (Wildman–Crippen MR) is 101 cm³/mol. The molecule has 3 unspecified atom stereocenters. The topological polar surface area (TPSA) is 53.3 Å². The fourth-order valence-corrected chi connectivity index (χ4v) is 4.47. The molecule has 5 heteroatoms. The van der Waals surface area contributed by atoms with E-state index < -0.39 is 0 Å². The molecule has 3 aromatic rings. The van der Waals surface area contributed by atoms with Crippen molar-refractivity contribution in [1.29, 1.82) is 0 Å². The van der Waals surface area contributed by atoms with Gasteiger partial charge in [0.1, 0.15) is 0 Å². The second kappa shape index (κ2) is 6.50. The Hall–Kier alpha value is -2.21. The van der Waals surface area contributed by atoms with Crippen LogP contribution < -0.4 is 10.9 Å². The van der Waals surface area contributed by atoms with Crippen LogP contribution in [0, 0.1) is 12.8 Å². The molecule has 2 N–H and O–H groups in total. The van der Waals surface area contributed by atoms with Crippen molar-refractivity contribution in [3.05, 3.63) is 65.4 Å². The molecule has 3 atom stereocenters. The average molecular weight is 348 g/mol. The van der Waals surface area contributed by atoms with E-state index in [1.165, 1.54) is 17.5 Å². The second-order valence-electron chi connectivity index (χ2n) is 7.57. The molecule has 0 bridgehead atoms. The molecule has 2 aromatic carbocycles. The Morgan fingerprint density at radius 1 is 1.15 bits per heavy atom. The van der Waals surface area contributed by atoms with Gasteiger partial charge in [-0.2, -0.15) is 0 Å². The third-order valence-electron chi connectivity index (χ3n) is 5.87. The number of piperidine rings is 1. The van der Waals surface area contributed by atoms with Crippen LogP contribution >= 0.6 is 0 Å². The summed E-state index contributed by atoms with van der Waals surface area (Å²) in [7, 11) is 0. The largest absolute Gasteiger partial charge is 0.356 e. The first kappa shape index (κ1) is 16.0. The van der Waals surface area contributed by atoms with E-state index in [0.29, 0.717) is 18.0 Å². The zero-order valence-electron chi connectivity index (χ0n) is 15.0. The highest BCUT2D eigenvalue weighted by molar-refractivity contribution is 5.79. The SMILES string of the molecule is Cc1noc2ccc(CN3CCC4NNC(c5ccccc5)C4C3)cc12. The van der Waals surface area contributed by atoms with Gasteiger partial charge in [-0.15, -0.1) is 0 Å². The van der Waals surface area contributed by atoms with Gasteiger partial charge < -0.3 is 4.52 Å². The van der Waals surface area contributed by atoms with Gasteiger partial charge in [0, 0.05) is 37.0 Å². The highest BCUT2D eigenvalue weighted by atomic mass is 16.5. The van der Waals surface area contributed by atoms with Crippen molar-refractivity contribution < 1.29 is 4.52 Å². The molecule has 1 aromatic heterocycles. The van der Waals surface area contributed by atoms with Crippen molar-refractivity contribution in [2.75, 3.05) is 13.1 Å². The molecule has 2 saturated heterocycles. The van der Waals surface area contributed by atoms with E-state index in [4.69, 9.17) is 4.52 Å². The number of hydrogen-bond donors (Lipinski definition) is 2. The zero-order valence-corrected chi connectivity index (χ0v) is 15.0. The van der Waals surface area contributed by atoms with Gasteiger partial charge in [-0.25, -0.2) is 5.43 Å². The third-order valence-corrected chi connectivity index (χ3v) is 5.87. The summed E-state index contributed by atoms with van der Waals surface area (Å²) in [6.07, 6.45) is 1.18. The summed E-state index contributed by atoms with van der Waals surface area (Å²) in [4.78, 5) is 2.58. The molecule has 0 saturated carbocycles. The van der Waals surface area contributed by atoms with E-state index in [9.17, 15) is 0 Å². The van der Waals surface area contributed by atoms with E-state index in [2.05, 4.69) is 63.4 Å². The fraction of sp³-hybridized carbons (Fsp3) is 0.381. The maximum absolute atomic E-state index is 5.33. The highest BCUT2D eigenvalue weighted by Crippen LogP contribution is 2.34. The van der Waals surface area contributed by atoms with Crippen molar-refractivity contribution in [3.63, 3.8) is 0 Å². The van der Waals surface area contributed by atoms with Gasteiger partial charge in [0.25, 0.3) is 0 Å². The number of fused-ring (bicyclic) bond motifs is 2. The van der Waals surface area contributed by atoms with Gasteiger partial charge in [-0.1, -0.05) is 41.6 Å². The van der Waals surface area contributed by atoms with Gasteiger partial charge >= 0.3 is 0 Å². The molecule has 2 fully saturated rings. The van der Waals surface area contributed by atoms with Gasteiger partial charge in [-0.3, -0.25) is 10.3 Å². The van der Waals surface area contributed by atoms with Crippen LogP contribution in [0.2, 0.25) is 0 Å². The van der Waals surface area contributed by atoms with Crippen LogP contribution in [0.1, 0.15) is 29.3 Å². The Balaban J connectivity index is 1.33. The lowest BCUT2D eigenvalue weighted by atomic mass is 9.85. The van der Waals surface area contributed by atoms with E-state index >= 15 is 0 Å². The van der Waals surface area contributed by atoms with Crippen molar-refractivity contribution in [1.82, 2.24) is 20.9 Å². The number of nitrogens with zero attached hydrogens (tertiary/aromatic N) is 2. The molecule has 0 aliphatic carbocycles. The Labute approximate surface area is 153 Å². The Bertz CT molecular complexity index is 907. The molecule has 3 heterocycles. The summed E-state index contributed by atoms with van der Waals surface area (Å²) < 4.78 is 5.33. The summed E-state index contributed by atoms with van der Waals surface area (Å²) in [6, 6.07) is 18.2. The minimum absolute atomic E-state index is 0.381. The summed E-state index contributed by atoms with van der Waals surface area (Å²) in [6.45, 7) is 5.20. The van der Waals surface area contributed by atoms with Gasteiger partial charge in [0.2, 0.25) is 0 Å². The Morgan fingerprint density at radius 2 is 2.04 bits per heavy atom. The standard InChI is InChI=1S/C21H24N4O/c1-14-17-11-15(7-8-20(17)26-24-14)12-25-10-9-19-18(13-25)21(23-22-19)16-5-3-2-4-6-16/h2-8,11,18-19,21-23H,9-10,12-13H2,1H3. The lowest BCUT2D eigenvalue weighted by molar-refractivity contribution is 0.148. The highest BCUT2D eigenvalue weighted by Gasteiger charge is 2.40. The van der Waals surface area contributed by atoms with Crippen LogP contribution in [0.4, 0.5) is 0 Å². The number of benzene rings is 2. The van der Waals surface area contributed by atoms with Crippen LogP contribution in [-0.2, 0) is 6.54 Å². The molecular weight excluding hydrogens is 324 g/mol. The molecule has 0 amide bonds. The molecular formula is C21H24N4O. The van der Waals surface area contributed by atoms with Crippen LogP contribution in [0.5, 0.6) is 0 Å². The Morgan fingerprint density at radius 3 is 2.92 bits per heavy atom. The molecule has 134 valence electrons. The molecule has 5 rings (SSSR count). The number of likely N-dealkylation sites (tertiary alicyclic amines) is 1. The summed E-state index contributed by atoms with van der Waals surface area (Å²) in [5.74, 6) is 0.590. The predicted octanol–water partition coefficient (Wildman–Crippen LogP) is 3.18. The molecule has 26 heavy (non-hydrogen) atoms. The lowest BCUT2D eigenvalue weighted by Gasteiger charge is -2.36. The Kier molecular flexibility index (Phi) is 4.00. The summed E-state index contributed by atoms with van der Waals surface area (Å²) in [5.41, 5.74) is 11.6. The molecule has 0 radical (unpaired) electrons. The molecule has 2 aliphatic rings. The van der Waals surface area contributed by atoms with E-state index in [-0.39, 0.29) is 0 Å². The van der Waals surface area contributed by atoms with Gasteiger partial charge in [0.15, 0.2) is 5.58 Å².